The van der Waals surface area contributed by atoms with Gasteiger partial charge in [-0.15, -0.1) is 23.2 Å². The molecular weight excluding hydrogens is 687 g/mol. The molecule has 50 heavy (non-hydrogen) atoms. The lowest BCUT2D eigenvalue weighted by Crippen LogP contribution is -2.29. The van der Waals surface area contributed by atoms with Gasteiger partial charge in [0.1, 0.15) is 17.1 Å². The van der Waals surface area contributed by atoms with E-state index in [1.165, 1.54) is 40.7 Å². The van der Waals surface area contributed by atoms with Crippen molar-refractivity contribution < 1.29 is 19.2 Å². The van der Waals surface area contributed by atoms with Crippen molar-refractivity contribution in [1.29, 1.82) is 5.41 Å². The van der Waals surface area contributed by atoms with Crippen molar-refractivity contribution in [3.63, 3.8) is 0 Å². The van der Waals surface area contributed by atoms with E-state index in [4.69, 9.17) is 34.3 Å². The molecule has 0 radical (unpaired) electrons. The van der Waals surface area contributed by atoms with E-state index < -0.39 is 17.7 Å². The molecular formula is C32H38Cl2N12O4. The van der Waals surface area contributed by atoms with Gasteiger partial charge in [-0.05, 0) is 29.8 Å². The summed E-state index contributed by atoms with van der Waals surface area (Å²) in [6.07, 6.45) is 4.88. The zero-order valence-electron chi connectivity index (χ0n) is 27.7. The quantitative estimate of drug-likeness (QED) is 0.0437. The van der Waals surface area contributed by atoms with E-state index in [0.29, 0.717) is 30.5 Å². The predicted octanol–water partition coefficient (Wildman–Crippen LogP) is 2.99. The minimum Gasteiger partial charge on any atom is -0.388 e. The Balaban J connectivity index is 1.33. The maximum atomic E-state index is 13.1. The Kier molecular flexibility index (Phi) is 12.8. The van der Waals surface area contributed by atoms with Gasteiger partial charge < -0.3 is 36.5 Å². The number of amidine groups is 1. The number of rotatable bonds is 16. The molecule has 7 N–H and O–H groups in total. The van der Waals surface area contributed by atoms with Crippen LogP contribution in [0, 0.1) is 5.41 Å². The largest absolute Gasteiger partial charge is 0.388 e. The van der Waals surface area contributed by atoms with Gasteiger partial charge in [0, 0.05) is 89.1 Å². The summed E-state index contributed by atoms with van der Waals surface area (Å²) >= 11 is 11.8. The Morgan fingerprint density at radius 2 is 1.40 bits per heavy atom. The number of carbonyl (C=O) groups excluding carboxylic acids is 4. The summed E-state index contributed by atoms with van der Waals surface area (Å²) in [7, 11) is 4.74. The Hall–Kier alpha value is -5.61. The molecule has 0 saturated carbocycles. The van der Waals surface area contributed by atoms with Gasteiger partial charge in [0.2, 0.25) is 5.91 Å². The van der Waals surface area contributed by atoms with Gasteiger partial charge in [0.05, 0.1) is 11.5 Å². The summed E-state index contributed by atoms with van der Waals surface area (Å²) in [4.78, 5) is 53.3. The standard InChI is InChI=1S/C32H38Cl2N12O4/c1-43-19-21(38-29(47)9-6-20-4-7-22(8-5-20)46(14-11-33)15-12-34)16-23(43)31(49)39-28-18-25(45(3)42-28)32(50)40-27-17-24(44(2)41-27)30(48)37-13-10-26(35)36/h4-9,16-19H,10-15H2,1-3H3,(H3,35,36)(H,37,48)(H,38,47)(H,39,42,49)(H,40,41,50)/b9-6+. The summed E-state index contributed by atoms with van der Waals surface area (Å²) in [5, 5.41) is 26.3. The lowest BCUT2D eigenvalue weighted by Gasteiger charge is -2.22. The lowest BCUT2D eigenvalue weighted by atomic mass is 10.2. The zero-order chi connectivity index (χ0) is 36.4. The van der Waals surface area contributed by atoms with Crippen molar-refractivity contribution in [2.24, 2.45) is 26.9 Å². The van der Waals surface area contributed by atoms with Crippen molar-refractivity contribution in [2.45, 2.75) is 6.42 Å². The highest BCUT2D eigenvalue weighted by Crippen LogP contribution is 2.19. The number of hydrogen-bond acceptors (Lipinski definition) is 8. The molecule has 3 aromatic heterocycles. The van der Waals surface area contributed by atoms with E-state index >= 15 is 0 Å². The number of amides is 4. The predicted molar refractivity (Wildman–Crippen MR) is 194 cm³/mol. The van der Waals surface area contributed by atoms with Gasteiger partial charge in [-0.2, -0.15) is 10.2 Å². The first-order valence-electron chi connectivity index (χ1n) is 15.3. The molecule has 4 rings (SSSR count). The zero-order valence-corrected chi connectivity index (χ0v) is 29.2. The molecule has 4 aromatic rings. The monoisotopic (exact) mass is 724 g/mol. The summed E-state index contributed by atoms with van der Waals surface area (Å²) in [5.41, 5.74) is 8.07. The smallest absolute Gasteiger partial charge is 0.275 e. The average molecular weight is 726 g/mol. The maximum Gasteiger partial charge on any atom is 0.275 e. The van der Waals surface area contributed by atoms with E-state index in [0.717, 1.165) is 11.3 Å². The Morgan fingerprint density at radius 3 is 1.96 bits per heavy atom. The number of hydrogen-bond donors (Lipinski definition) is 6. The molecule has 0 unspecified atom stereocenters. The molecule has 0 saturated heterocycles. The van der Waals surface area contributed by atoms with Gasteiger partial charge in [-0.25, -0.2) is 0 Å². The first-order valence-corrected chi connectivity index (χ1v) is 16.4. The highest BCUT2D eigenvalue weighted by atomic mass is 35.5. The number of nitrogens with one attached hydrogen (secondary N) is 5. The molecule has 0 aliphatic carbocycles. The van der Waals surface area contributed by atoms with E-state index in [9.17, 15) is 19.2 Å². The van der Waals surface area contributed by atoms with Gasteiger partial charge in [0.25, 0.3) is 17.7 Å². The highest BCUT2D eigenvalue weighted by molar-refractivity contribution is 6.18. The van der Waals surface area contributed by atoms with Gasteiger partial charge >= 0.3 is 0 Å². The molecule has 264 valence electrons. The molecule has 1 aromatic carbocycles. The van der Waals surface area contributed by atoms with E-state index in [1.807, 2.05) is 24.3 Å². The fourth-order valence-corrected chi connectivity index (χ4v) is 5.24. The van der Waals surface area contributed by atoms with Crippen molar-refractivity contribution in [1.82, 2.24) is 29.4 Å². The third kappa shape index (κ3) is 9.96. The number of aromatic nitrogens is 5. The molecule has 0 spiro atoms. The second-order valence-electron chi connectivity index (χ2n) is 11.0. The average Bonchev–Trinajstić information content (AvgIpc) is 3.74. The van der Waals surface area contributed by atoms with Crippen molar-refractivity contribution in [2.75, 3.05) is 52.2 Å². The number of aryl methyl sites for hydroxylation is 3. The number of halogens is 2. The first kappa shape index (κ1) is 37.2. The van der Waals surface area contributed by atoms with Crippen LogP contribution in [0.1, 0.15) is 43.4 Å². The van der Waals surface area contributed by atoms with Crippen LogP contribution in [0.4, 0.5) is 23.0 Å². The van der Waals surface area contributed by atoms with Crippen LogP contribution in [-0.2, 0) is 25.9 Å². The van der Waals surface area contributed by atoms with Gasteiger partial charge in [0.15, 0.2) is 11.6 Å². The van der Waals surface area contributed by atoms with Crippen LogP contribution < -0.4 is 31.9 Å². The SMILES string of the molecule is Cn1cc(NC(=O)/C=C/c2ccc(N(CCCl)CCCl)cc2)cc1C(=O)Nc1cc(C(=O)Nc2cc(C(=O)NCCC(=N)N)n(C)n2)n(C)n1. The van der Waals surface area contributed by atoms with E-state index in [-0.39, 0.29) is 53.4 Å². The van der Waals surface area contributed by atoms with Crippen molar-refractivity contribution >= 4 is 81.8 Å². The minimum atomic E-state index is -0.574. The molecule has 16 nitrogen and oxygen atoms in total. The third-order valence-corrected chi connectivity index (χ3v) is 7.63. The molecule has 0 aliphatic rings. The fraction of sp³-hybridized carbons (Fsp3) is 0.281. The number of nitrogens with two attached hydrogens (primary N) is 1. The van der Waals surface area contributed by atoms with Crippen LogP contribution in [0.25, 0.3) is 6.08 Å². The van der Waals surface area contributed by atoms with Crippen LogP contribution in [-0.4, -0.2) is 85.0 Å². The lowest BCUT2D eigenvalue weighted by molar-refractivity contribution is -0.111. The molecule has 3 heterocycles. The van der Waals surface area contributed by atoms with Crippen LogP contribution in [0.15, 0.2) is 54.7 Å². The molecule has 4 amide bonds. The Bertz CT molecular complexity index is 1890. The van der Waals surface area contributed by atoms with Crippen molar-refractivity contribution in [3.8, 4) is 0 Å². The van der Waals surface area contributed by atoms with E-state index in [2.05, 4.69) is 36.4 Å². The Labute approximate surface area is 298 Å². The number of carbonyl (C=O) groups is 4. The number of anilines is 4. The summed E-state index contributed by atoms with van der Waals surface area (Å²) in [5.74, 6) is -0.766. The Morgan fingerprint density at radius 1 is 0.840 bits per heavy atom. The van der Waals surface area contributed by atoms with Crippen LogP contribution >= 0.6 is 23.2 Å². The molecule has 0 atom stereocenters. The molecule has 0 fully saturated rings. The number of nitrogens with zero attached hydrogens (tertiary/aromatic N) is 6. The highest BCUT2D eigenvalue weighted by Gasteiger charge is 2.20. The van der Waals surface area contributed by atoms with Crippen LogP contribution in [0.3, 0.4) is 0 Å². The number of alkyl halides is 2. The van der Waals surface area contributed by atoms with Crippen molar-refractivity contribution in [3.05, 3.63) is 77.4 Å². The molecule has 18 heteroatoms. The minimum absolute atomic E-state index is 0.0511. The topological polar surface area (TPSA) is 210 Å². The molecule has 0 aliphatic heterocycles. The summed E-state index contributed by atoms with van der Waals surface area (Å²) < 4.78 is 4.14. The van der Waals surface area contributed by atoms with Gasteiger partial charge in [-0.3, -0.25) is 34.0 Å². The van der Waals surface area contributed by atoms with Gasteiger partial charge in [-0.1, -0.05) is 12.1 Å². The normalized spacial score (nSPS) is 11.0. The second kappa shape index (κ2) is 17.2. The fourth-order valence-electron chi connectivity index (χ4n) is 4.83. The maximum absolute atomic E-state index is 13.1. The summed E-state index contributed by atoms with van der Waals surface area (Å²) in [6.45, 7) is 1.53. The number of benzene rings is 1. The van der Waals surface area contributed by atoms with E-state index in [1.54, 1.807) is 30.9 Å². The third-order valence-electron chi connectivity index (χ3n) is 7.29. The summed E-state index contributed by atoms with van der Waals surface area (Å²) in [6, 6.07) is 12.0. The second-order valence-corrected chi connectivity index (χ2v) is 11.8. The first-order chi connectivity index (χ1) is 23.9. The van der Waals surface area contributed by atoms with Crippen LogP contribution in [0.2, 0.25) is 0 Å². The molecule has 0 bridgehead atoms. The van der Waals surface area contributed by atoms with Crippen LogP contribution in [0.5, 0.6) is 0 Å².